The summed E-state index contributed by atoms with van der Waals surface area (Å²) in [4.78, 5) is 13.5. The number of aliphatic hydroxyl groups excluding tert-OH is 1. The van der Waals surface area contributed by atoms with Gasteiger partial charge in [0, 0.05) is 11.8 Å². The van der Waals surface area contributed by atoms with E-state index in [2.05, 4.69) is 27.4 Å². The van der Waals surface area contributed by atoms with Crippen LogP contribution < -0.4 is 0 Å². The fourth-order valence-corrected chi connectivity index (χ4v) is 8.25. The lowest BCUT2D eigenvalue weighted by molar-refractivity contribution is -0.422. The molecule has 1 unspecified atom stereocenters. The second kappa shape index (κ2) is 4.40. The van der Waals surface area contributed by atoms with E-state index in [9.17, 15) is 15.0 Å². The van der Waals surface area contributed by atoms with E-state index in [0.29, 0.717) is 18.6 Å². The Balaban J connectivity index is 1.77. The fraction of sp³-hybridized carbons (Fsp3) is 0.857. The van der Waals surface area contributed by atoms with Crippen LogP contribution in [-0.4, -0.2) is 34.5 Å². The molecule has 4 saturated carbocycles. The van der Waals surface area contributed by atoms with Crippen LogP contribution in [-0.2, 0) is 9.53 Å². The van der Waals surface area contributed by atoms with Gasteiger partial charge in [-0.1, -0.05) is 27.4 Å². The Bertz CT molecular complexity index is 683. The van der Waals surface area contributed by atoms with E-state index in [0.717, 1.165) is 25.7 Å². The number of ketones is 1. The highest BCUT2D eigenvalue weighted by atomic mass is 16.6. The van der Waals surface area contributed by atoms with Crippen molar-refractivity contribution in [3.63, 3.8) is 0 Å². The number of hydrogen-bond acceptors (Lipinski definition) is 4. The van der Waals surface area contributed by atoms with E-state index < -0.39 is 22.7 Å². The maximum atomic E-state index is 13.5. The molecule has 6 fully saturated rings. The molecule has 0 amide bonds. The van der Waals surface area contributed by atoms with Crippen molar-refractivity contribution in [1.82, 2.24) is 0 Å². The summed E-state index contributed by atoms with van der Waals surface area (Å²) in [5.74, 6) is -1.03. The van der Waals surface area contributed by atoms with Crippen LogP contribution in [0.25, 0.3) is 0 Å². The number of ether oxygens (including phenoxy) is 1. The smallest absolute Gasteiger partial charge is 0.179 e. The highest BCUT2D eigenvalue weighted by molar-refractivity contribution is 6.04. The molecule has 138 valence electrons. The number of carbonyl (C=O) groups excluding carboxylic acids is 1. The Hall–Kier alpha value is -0.710. The lowest BCUT2D eigenvalue weighted by Crippen LogP contribution is -2.79. The van der Waals surface area contributed by atoms with Gasteiger partial charge in [0.2, 0.25) is 0 Å². The van der Waals surface area contributed by atoms with Gasteiger partial charge >= 0.3 is 0 Å². The number of aliphatic hydroxyl groups is 2. The van der Waals surface area contributed by atoms with Gasteiger partial charge in [0.15, 0.2) is 11.6 Å². The third kappa shape index (κ3) is 1.45. The van der Waals surface area contributed by atoms with Crippen molar-refractivity contribution in [2.75, 3.05) is 6.61 Å². The number of fused-ring (bicyclic) bond motifs is 2. The summed E-state index contributed by atoms with van der Waals surface area (Å²) in [6.45, 7) is 11.1. The number of carbonyl (C=O) groups is 1. The summed E-state index contributed by atoms with van der Waals surface area (Å²) in [6.07, 6.45) is 3.54. The first-order chi connectivity index (χ1) is 11.6. The van der Waals surface area contributed by atoms with Crippen molar-refractivity contribution in [3.05, 3.63) is 12.2 Å². The van der Waals surface area contributed by atoms with E-state index in [1.165, 1.54) is 0 Å². The Kier molecular flexibility index (Phi) is 2.90. The molecular formula is C21H30O4. The zero-order chi connectivity index (χ0) is 18.0. The summed E-state index contributed by atoms with van der Waals surface area (Å²) in [7, 11) is 0. The van der Waals surface area contributed by atoms with Crippen molar-refractivity contribution in [2.24, 2.45) is 39.9 Å². The molecule has 2 saturated heterocycles. The van der Waals surface area contributed by atoms with Crippen LogP contribution >= 0.6 is 0 Å². The normalized spacial score (nSPS) is 58.8. The van der Waals surface area contributed by atoms with Crippen LogP contribution in [0.3, 0.4) is 0 Å². The van der Waals surface area contributed by atoms with E-state index in [-0.39, 0.29) is 34.9 Å². The molecule has 6 rings (SSSR count). The van der Waals surface area contributed by atoms with Crippen molar-refractivity contribution in [3.8, 4) is 0 Å². The predicted octanol–water partition coefficient (Wildman–Crippen LogP) is 2.68. The monoisotopic (exact) mass is 346 g/mol. The van der Waals surface area contributed by atoms with Crippen LogP contribution in [0.1, 0.15) is 52.9 Å². The van der Waals surface area contributed by atoms with Gasteiger partial charge in [-0.2, -0.15) is 0 Å². The molecule has 25 heavy (non-hydrogen) atoms. The number of rotatable bonds is 0. The first-order valence-electron chi connectivity index (χ1n) is 9.91. The molecule has 4 nitrogen and oxygen atoms in total. The zero-order valence-corrected chi connectivity index (χ0v) is 15.5. The first kappa shape index (κ1) is 16.5. The molecule has 2 heterocycles. The molecular weight excluding hydrogens is 316 g/mol. The lowest BCUT2D eigenvalue weighted by atomic mass is 9.35. The second-order valence-corrected chi connectivity index (χ2v) is 10.2. The first-order valence-corrected chi connectivity index (χ1v) is 9.91. The molecule has 0 aromatic carbocycles. The predicted molar refractivity (Wildman–Crippen MR) is 92.4 cm³/mol. The maximum absolute atomic E-state index is 13.5. The molecule has 4 aliphatic carbocycles. The minimum absolute atomic E-state index is 0.00919. The van der Waals surface area contributed by atoms with Gasteiger partial charge in [-0.05, 0) is 60.3 Å². The summed E-state index contributed by atoms with van der Waals surface area (Å²) in [5.41, 5.74) is -0.601. The fourth-order valence-electron chi connectivity index (χ4n) is 8.25. The highest BCUT2D eigenvalue weighted by Crippen LogP contribution is 2.77. The minimum Gasteiger partial charge on any atom is -0.392 e. The van der Waals surface area contributed by atoms with Gasteiger partial charge < -0.3 is 14.9 Å². The number of Topliss-reactive ketones (excluding diaryl/α,β-unsaturated/α-hetero) is 1. The Morgan fingerprint density at radius 3 is 2.64 bits per heavy atom. The van der Waals surface area contributed by atoms with Crippen LogP contribution in [0.2, 0.25) is 0 Å². The standard InChI is InChI=1S/C21H30O4/c1-11-13-5-6-14-19-10-25-20(24,21(14,12(13)2)17(11)23)9-15(19)18(3,4)8-7-16(19)22/h12-16,22,24H,1,5-10H2,2-4H3/t12-,13+,14+,15-,16+,19+,20?,21+/m1/s1. The Labute approximate surface area is 149 Å². The molecule has 0 aromatic rings. The van der Waals surface area contributed by atoms with Crippen LogP contribution in [0, 0.1) is 39.9 Å². The summed E-state index contributed by atoms with van der Waals surface area (Å²) in [5, 5.41) is 22.9. The molecule has 0 radical (unpaired) electrons. The molecule has 0 aromatic heterocycles. The average molecular weight is 346 g/mol. The van der Waals surface area contributed by atoms with Gasteiger partial charge in [-0.25, -0.2) is 0 Å². The van der Waals surface area contributed by atoms with Gasteiger partial charge in [-0.3, -0.25) is 4.79 Å². The summed E-state index contributed by atoms with van der Waals surface area (Å²) in [6, 6.07) is 0. The van der Waals surface area contributed by atoms with Gasteiger partial charge in [0.25, 0.3) is 0 Å². The van der Waals surface area contributed by atoms with E-state index >= 15 is 0 Å². The number of allylic oxidation sites excluding steroid dienone is 1. The van der Waals surface area contributed by atoms with Gasteiger partial charge in [-0.15, -0.1) is 0 Å². The van der Waals surface area contributed by atoms with Crippen molar-refractivity contribution in [2.45, 2.75) is 64.8 Å². The quantitative estimate of drug-likeness (QED) is 0.662. The molecule has 8 atom stereocenters. The highest BCUT2D eigenvalue weighted by Gasteiger charge is 2.82. The van der Waals surface area contributed by atoms with E-state index in [4.69, 9.17) is 4.74 Å². The van der Waals surface area contributed by atoms with Crippen molar-refractivity contribution < 1.29 is 19.7 Å². The van der Waals surface area contributed by atoms with Crippen LogP contribution in [0.4, 0.5) is 0 Å². The SMILES string of the molecule is C=C1C(=O)[C@]23[C@H](C)[C@H]1CC[C@H]2[C@@]12COC3(O)C[C@@H]1C(C)(C)CC[C@@H]2O. The summed E-state index contributed by atoms with van der Waals surface area (Å²) >= 11 is 0. The van der Waals surface area contributed by atoms with Crippen LogP contribution in [0.15, 0.2) is 12.2 Å². The molecule has 4 heteroatoms. The van der Waals surface area contributed by atoms with Crippen molar-refractivity contribution >= 4 is 5.78 Å². The largest absolute Gasteiger partial charge is 0.392 e. The average Bonchev–Trinajstić information content (AvgIpc) is 2.68. The van der Waals surface area contributed by atoms with Crippen molar-refractivity contribution in [1.29, 1.82) is 0 Å². The zero-order valence-electron chi connectivity index (χ0n) is 15.5. The lowest BCUT2D eigenvalue weighted by Gasteiger charge is -2.73. The third-order valence-corrected chi connectivity index (χ3v) is 9.36. The molecule has 4 bridgehead atoms. The van der Waals surface area contributed by atoms with E-state index in [1.807, 2.05) is 0 Å². The Morgan fingerprint density at radius 1 is 1.20 bits per heavy atom. The number of hydrogen-bond donors (Lipinski definition) is 2. The van der Waals surface area contributed by atoms with E-state index in [1.54, 1.807) is 0 Å². The Morgan fingerprint density at radius 2 is 1.92 bits per heavy atom. The maximum Gasteiger partial charge on any atom is 0.179 e. The molecule has 2 aliphatic heterocycles. The van der Waals surface area contributed by atoms with Gasteiger partial charge in [0.1, 0.15) is 0 Å². The second-order valence-electron chi connectivity index (χ2n) is 10.2. The summed E-state index contributed by atoms with van der Waals surface area (Å²) < 4.78 is 6.10. The van der Waals surface area contributed by atoms with Gasteiger partial charge in [0.05, 0.1) is 18.1 Å². The van der Waals surface area contributed by atoms with Crippen LogP contribution in [0.5, 0.6) is 0 Å². The topological polar surface area (TPSA) is 66.8 Å². The molecule has 6 aliphatic rings. The molecule has 2 N–H and O–H groups in total. The minimum atomic E-state index is -1.41. The third-order valence-electron chi connectivity index (χ3n) is 9.36. The molecule has 2 spiro atoms.